The van der Waals surface area contributed by atoms with Gasteiger partial charge in [-0.25, -0.2) is 17.9 Å². The van der Waals surface area contributed by atoms with E-state index in [4.69, 9.17) is 4.42 Å². The highest BCUT2D eigenvalue weighted by molar-refractivity contribution is 7.89. The Labute approximate surface area is 127 Å². The second-order valence-corrected chi connectivity index (χ2v) is 6.48. The van der Waals surface area contributed by atoms with Crippen LogP contribution < -0.4 is 10.3 Å². The van der Waals surface area contributed by atoms with E-state index in [1.165, 1.54) is 6.07 Å². The van der Waals surface area contributed by atoms with Crippen LogP contribution in [0.15, 0.2) is 74.8 Å². The van der Waals surface area contributed by atoms with Crippen LogP contribution in [0, 0.1) is 0 Å². The minimum Gasteiger partial charge on any atom is -0.422 e. The molecule has 3 aromatic rings. The van der Waals surface area contributed by atoms with E-state index >= 15 is 0 Å². The number of benzene rings is 2. The van der Waals surface area contributed by atoms with Crippen LogP contribution in [0.3, 0.4) is 0 Å². The third-order valence-corrected chi connectivity index (χ3v) is 4.60. The average Bonchev–Trinajstić information content (AvgIpc) is 2.53. The van der Waals surface area contributed by atoms with Crippen LogP contribution in [0.2, 0.25) is 0 Å². The number of hydrogen-bond donors (Lipinski definition) is 1. The van der Waals surface area contributed by atoms with Gasteiger partial charge < -0.3 is 4.42 Å². The SMILES string of the molecule is O=c1oc2ccccc2cc1S(=O)(=O)NCc1ccccc1. The van der Waals surface area contributed by atoms with E-state index in [1.54, 1.807) is 36.4 Å². The Balaban J connectivity index is 1.95. The molecule has 1 aromatic heterocycles. The molecule has 0 aliphatic rings. The van der Waals surface area contributed by atoms with Crippen LogP contribution in [0.25, 0.3) is 11.0 Å². The third-order valence-electron chi connectivity index (χ3n) is 3.21. The molecule has 1 heterocycles. The largest absolute Gasteiger partial charge is 0.422 e. The van der Waals surface area contributed by atoms with Gasteiger partial charge in [-0.15, -0.1) is 0 Å². The summed E-state index contributed by atoms with van der Waals surface area (Å²) in [6, 6.07) is 17.2. The lowest BCUT2D eigenvalue weighted by Crippen LogP contribution is -2.27. The minimum atomic E-state index is -3.94. The van der Waals surface area contributed by atoms with Gasteiger partial charge in [0.2, 0.25) is 10.0 Å². The predicted molar refractivity (Wildman–Crippen MR) is 83.0 cm³/mol. The van der Waals surface area contributed by atoms with Gasteiger partial charge in [0.05, 0.1) is 0 Å². The summed E-state index contributed by atoms with van der Waals surface area (Å²) in [5, 5.41) is 0.558. The van der Waals surface area contributed by atoms with Gasteiger partial charge in [-0.3, -0.25) is 0 Å². The van der Waals surface area contributed by atoms with Crippen LogP contribution in [-0.4, -0.2) is 8.42 Å². The zero-order valence-corrected chi connectivity index (χ0v) is 12.3. The molecule has 5 nitrogen and oxygen atoms in total. The van der Waals surface area contributed by atoms with Crippen molar-refractivity contribution in [2.24, 2.45) is 0 Å². The Morgan fingerprint density at radius 3 is 2.41 bits per heavy atom. The molecular formula is C16H13NO4S. The molecule has 0 radical (unpaired) electrons. The molecular weight excluding hydrogens is 302 g/mol. The second kappa shape index (κ2) is 5.75. The van der Waals surface area contributed by atoms with Crippen LogP contribution in [-0.2, 0) is 16.6 Å². The number of fused-ring (bicyclic) bond motifs is 1. The fraction of sp³-hybridized carbons (Fsp3) is 0.0625. The summed E-state index contributed by atoms with van der Waals surface area (Å²) in [6.45, 7) is 0.107. The van der Waals surface area contributed by atoms with Crippen molar-refractivity contribution >= 4 is 21.0 Å². The van der Waals surface area contributed by atoms with Crippen molar-refractivity contribution in [3.05, 3.63) is 76.6 Å². The molecule has 2 aromatic carbocycles. The molecule has 0 bridgehead atoms. The standard InChI is InChI=1S/C16H13NO4S/c18-16-15(10-13-8-4-5-9-14(13)21-16)22(19,20)17-11-12-6-2-1-3-7-12/h1-10,17H,11H2. The molecule has 22 heavy (non-hydrogen) atoms. The maximum absolute atomic E-state index is 12.3. The molecule has 0 spiro atoms. The monoisotopic (exact) mass is 315 g/mol. The molecule has 0 amide bonds. The molecule has 0 saturated heterocycles. The van der Waals surface area contributed by atoms with Gasteiger partial charge in [0.25, 0.3) is 0 Å². The highest BCUT2D eigenvalue weighted by Gasteiger charge is 2.20. The second-order valence-electron chi connectivity index (χ2n) is 4.75. The van der Waals surface area contributed by atoms with E-state index in [2.05, 4.69) is 4.72 Å². The molecule has 0 atom stereocenters. The smallest absolute Gasteiger partial charge is 0.356 e. The lowest BCUT2D eigenvalue weighted by molar-refractivity contribution is 0.529. The first-order chi connectivity index (χ1) is 10.6. The predicted octanol–water partition coefficient (Wildman–Crippen LogP) is 2.27. The third kappa shape index (κ3) is 2.93. The molecule has 0 fully saturated rings. The normalized spacial score (nSPS) is 11.6. The summed E-state index contributed by atoms with van der Waals surface area (Å²) in [5.74, 6) is 0. The summed E-state index contributed by atoms with van der Waals surface area (Å²) < 4.78 is 32.1. The van der Waals surface area contributed by atoms with E-state index in [0.717, 1.165) is 5.56 Å². The first kappa shape index (κ1) is 14.5. The molecule has 0 saturated carbocycles. The van der Waals surface area contributed by atoms with Crippen molar-refractivity contribution in [1.82, 2.24) is 4.72 Å². The van der Waals surface area contributed by atoms with Crippen LogP contribution in [0.5, 0.6) is 0 Å². The van der Waals surface area contributed by atoms with Crippen LogP contribution in [0.1, 0.15) is 5.56 Å². The molecule has 0 aliphatic carbocycles. The van der Waals surface area contributed by atoms with Gasteiger partial charge >= 0.3 is 5.63 Å². The van der Waals surface area contributed by atoms with Gasteiger partial charge in [-0.2, -0.15) is 0 Å². The Hall–Kier alpha value is -2.44. The van der Waals surface area contributed by atoms with Gasteiger partial charge in [0.1, 0.15) is 5.58 Å². The van der Waals surface area contributed by atoms with Crippen molar-refractivity contribution in [1.29, 1.82) is 0 Å². The summed E-state index contributed by atoms with van der Waals surface area (Å²) in [6.07, 6.45) is 0. The topological polar surface area (TPSA) is 76.4 Å². The first-order valence-electron chi connectivity index (χ1n) is 6.63. The number of para-hydroxylation sites is 1. The molecule has 0 aliphatic heterocycles. The number of hydrogen-bond acceptors (Lipinski definition) is 4. The quantitative estimate of drug-likeness (QED) is 0.749. The highest BCUT2D eigenvalue weighted by atomic mass is 32.2. The number of rotatable bonds is 4. The number of sulfonamides is 1. The Morgan fingerprint density at radius 2 is 1.64 bits per heavy atom. The average molecular weight is 315 g/mol. The van der Waals surface area contributed by atoms with Crippen molar-refractivity contribution < 1.29 is 12.8 Å². The summed E-state index contributed by atoms with van der Waals surface area (Å²) in [7, 11) is -3.94. The van der Waals surface area contributed by atoms with Gasteiger partial charge in [-0.05, 0) is 17.7 Å². The van der Waals surface area contributed by atoms with Gasteiger partial charge in [-0.1, -0.05) is 48.5 Å². The summed E-state index contributed by atoms with van der Waals surface area (Å²) in [5.41, 5.74) is 0.282. The molecule has 3 rings (SSSR count). The van der Waals surface area contributed by atoms with Crippen molar-refractivity contribution in [3.63, 3.8) is 0 Å². The van der Waals surface area contributed by atoms with Crippen LogP contribution >= 0.6 is 0 Å². The Kier molecular flexibility index (Phi) is 3.79. The van der Waals surface area contributed by atoms with E-state index in [1.807, 2.05) is 18.2 Å². The summed E-state index contributed by atoms with van der Waals surface area (Å²) >= 11 is 0. The van der Waals surface area contributed by atoms with Crippen LogP contribution in [0.4, 0.5) is 0 Å². The van der Waals surface area contributed by atoms with E-state index in [9.17, 15) is 13.2 Å². The van der Waals surface area contributed by atoms with Crippen molar-refractivity contribution in [3.8, 4) is 0 Å². The molecule has 0 unspecified atom stereocenters. The summed E-state index contributed by atoms with van der Waals surface area (Å²) in [4.78, 5) is 11.5. The Morgan fingerprint density at radius 1 is 0.955 bits per heavy atom. The fourth-order valence-electron chi connectivity index (χ4n) is 2.08. The van der Waals surface area contributed by atoms with Crippen molar-refractivity contribution in [2.75, 3.05) is 0 Å². The zero-order chi connectivity index (χ0) is 15.6. The maximum Gasteiger partial charge on any atom is 0.356 e. The lowest BCUT2D eigenvalue weighted by Gasteiger charge is -2.06. The zero-order valence-electron chi connectivity index (χ0n) is 11.5. The maximum atomic E-state index is 12.3. The van der Waals surface area contributed by atoms with E-state index < -0.39 is 15.6 Å². The van der Waals surface area contributed by atoms with Gasteiger partial charge in [0.15, 0.2) is 4.90 Å². The molecule has 1 N–H and O–H groups in total. The van der Waals surface area contributed by atoms with E-state index in [0.29, 0.717) is 11.0 Å². The minimum absolute atomic E-state index is 0.107. The molecule has 6 heteroatoms. The number of nitrogens with one attached hydrogen (secondary N) is 1. The highest BCUT2D eigenvalue weighted by Crippen LogP contribution is 2.15. The fourth-order valence-corrected chi connectivity index (χ4v) is 3.14. The molecule has 112 valence electrons. The van der Waals surface area contributed by atoms with Crippen molar-refractivity contribution in [2.45, 2.75) is 11.4 Å². The lowest BCUT2D eigenvalue weighted by atomic mass is 10.2. The van der Waals surface area contributed by atoms with Gasteiger partial charge in [0, 0.05) is 11.9 Å². The Bertz CT molecular complexity index is 962. The van der Waals surface area contributed by atoms with E-state index in [-0.39, 0.29) is 11.4 Å². The first-order valence-corrected chi connectivity index (χ1v) is 8.11.